The zero-order valence-electron chi connectivity index (χ0n) is 13.9. The van der Waals surface area contributed by atoms with Crippen molar-refractivity contribution in [1.82, 2.24) is 0 Å². The quantitative estimate of drug-likeness (QED) is 0.578. The van der Waals surface area contributed by atoms with Crippen LogP contribution in [0.1, 0.15) is 50.9 Å². The first-order chi connectivity index (χ1) is 10.4. The van der Waals surface area contributed by atoms with E-state index >= 15 is 0 Å². The topological polar surface area (TPSA) is 55.4 Å². The average molecular weight is 303 g/mol. The number of anilines is 1. The lowest BCUT2D eigenvalue weighted by atomic mass is 10.0. The molecule has 1 amide bonds. The van der Waals surface area contributed by atoms with Crippen molar-refractivity contribution in [2.45, 2.75) is 40.5 Å². The molecule has 0 aliphatic carbocycles. The fourth-order valence-electron chi connectivity index (χ4n) is 2.07. The van der Waals surface area contributed by atoms with Gasteiger partial charge < -0.3 is 10.1 Å². The van der Waals surface area contributed by atoms with Gasteiger partial charge in [0.2, 0.25) is 5.91 Å². The molecule has 0 spiro atoms. The zero-order valence-corrected chi connectivity index (χ0v) is 13.9. The summed E-state index contributed by atoms with van der Waals surface area (Å²) in [6, 6.07) is 5.07. The van der Waals surface area contributed by atoms with Crippen molar-refractivity contribution in [2.75, 3.05) is 11.9 Å². The fraction of sp³-hybridized carbons (Fsp3) is 0.444. The van der Waals surface area contributed by atoms with E-state index in [0.29, 0.717) is 23.6 Å². The molecular weight excluding hydrogens is 278 g/mol. The first-order valence-corrected chi connectivity index (χ1v) is 7.62. The lowest BCUT2D eigenvalue weighted by Gasteiger charge is -2.17. The number of hydrogen-bond donors (Lipinski definition) is 1. The molecule has 1 rings (SSSR count). The average Bonchev–Trinajstić information content (AvgIpc) is 2.46. The molecule has 22 heavy (non-hydrogen) atoms. The van der Waals surface area contributed by atoms with Gasteiger partial charge >= 0.3 is 0 Å². The highest BCUT2D eigenvalue weighted by Gasteiger charge is 2.17. The highest BCUT2D eigenvalue weighted by molar-refractivity contribution is 5.98. The van der Waals surface area contributed by atoms with Gasteiger partial charge in [0.1, 0.15) is 12.4 Å². The minimum atomic E-state index is -0.0514. The highest BCUT2D eigenvalue weighted by Crippen LogP contribution is 2.27. The van der Waals surface area contributed by atoms with E-state index < -0.39 is 0 Å². The Hall–Kier alpha value is -2.10. The third kappa shape index (κ3) is 5.02. The second-order valence-electron chi connectivity index (χ2n) is 5.52. The first kappa shape index (κ1) is 18.0. The third-order valence-corrected chi connectivity index (χ3v) is 3.47. The minimum Gasteiger partial charge on any atom is -0.487 e. The number of hydrogen-bond acceptors (Lipinski definition) is 3. The van der Waals surface area contributed by atoms with Crippen molar-refractivity contribution in [2.24, 2.45) is 5.92 Å². The van der Waals surface area contributed by atoms with E-state index in [1.807, 2.05) is 20.8 Å². The molecule has 0 atom stereocenters. The molecule has 4 heteroatoms. The van der Waals surface area contributed by atoms with Crippen LogP contribution in [-0.4, -0.2) is 18.3 Å². The van der Waals surface area contributed by atoms with Crippen LogP contribution in [0.5, 0.6) is 5.75 Å². The highest BCUT2D eigenvalue weighted by atomic mass is 16.5. The van der Waals surface area contributed by atoms with Crippen LogP contribution >= 0.6 is 0 Å². The number of rotatable bonds is 8. The van der Waals surface area contributed by atoms with Gasteiger partial charge in [-0.3, -0.25) is 9.59 Å². The second kappa shape index (κ2) is 8.37. The molecule has 0 radical (unpaired) electrons. The standard InChI is InChI=1S/C18H25NO3/c1-6-14(7-2)18(21)19-16-10-15(13(5)20)8-9-17(16)22-11-12(3)4/h8-10,14H,3,6-7,11H2,1-2,4-5H3,(H,19,21). The molecule has 1 N–H and O–H groups in total. The normalized spacial score (nSPS) is 10.4. The van der Waals surface area contributed by atoms with Crippen LogP contribution in [0.3, 0.4) is 0 Å². The monoisotopic (exact) mass is 303 g/mol. The summed E-state index contributed by atoms with van der Waals surface area (Å²) in [6.07, 6.45) is 1.55. The molecule has 0 aliphatic rings. The molecule has 1 aromatic carbocycles. The van der Waals surface area contributed by atoms with Crippen LogP contribution in [0.25, 0.3) is 0 Å². The van der Waals surface area contributed by atoms with Crippen molar-refractivity contribution in [3.63, 3.8) is 0 Å². The summed E-state index contributed by atoms with van der Waals surface area (Å²) >= 11 is 0. The van der Waals surface area contributed by atoms with Crippen LogP contribution < -0.4 is 10.1 Å². The molecule has 0 saturated carbocycles. The molecule has 0 unspecified atom stereocenters. The largest absolute Gasteiger partial charge is 0.487 e. The number of nitrogens with one attached hydrogen (secondary N) is 1. The molecule has 0 saturated heterocycles. The number of amides is 1. The Balaban J connectivity index is 3.05. The van der Waals surface area contributed by atoms with Crippen molar-refractivity contribution in [1.29, 1.82) is 0 Å². The van der Waals surface area contributed by atoms with Gasteiger partial charge in [-0.15, -0.1) is 0 Å². The third-order valence-electron chi connectivity index (χ3n) is 3.47. The van der Waals surface area contributed by atoms with Crippen LogP contribution in [0.4, 0.5) is 5.69 Å². The van der Waals surface area contributed by atoms with E-state index in [4.69, 9.17) is 4.74 Å². The van der Waals surface area contributed by atoms with Gasteiger partial charge in [0.15, 0.2) is 5.78 Å². The summed E-state index contributed by atoms with van der Waals surface area (Å²) in [5.41, 5.74) is 1.96. The van der Waals surface area contributed by atoms with Gasteiger partial charge in [-0.25, -0.2) is 0 Å². The number of Topliss-reactive ketones (excluding diaryl/α,β-unsaturated/α-hetero) is 1. The number of benzene rings is 1. The molecule has 0 bridgehead atoms. The van der Waals surface area contributed by atoms with Gasteiger partial charge in [0.05, 0.1) is 5.69 Å². The Bertz CT molecular complexity index is 559. The van der Waals surface area contributed by atoms with Crippen molar-refractivity contribution >= 4 is 17.4 Å². The van der Waals surface area contributed by atoms with Gasteiger partial charge in [-0.05, 0) is 50.5 Å². The smallest absolute Gasteiger partial charge is 0.227 e. The van der Waals surface area contributed by atoms with Gasteiger partial charge in [-0.1, -0.05) is 20.4 Å². The van der Waals surface area contributed by atoms with Gasteiger partial charge in [-0.2, -0.15) is 0 Å². The van der Waals surface area contributed by atoms with E-state index in [2.05, 4.69) is 11.9 Å². The van der Waals surface area contributed by atoms with E-state index in [-0.39, 0.29) is 17.6 Å². The SMILES string of the molecule is C=C(C)COc1ccc(C(C)=O)cc1NC(=O)C(CC)CC. The molecular formula is C18H25NO3. The van der Waals surface area contributed by atoms with Crippen LogP contribution in [0, 0.1) is 5.92 Å². The maximum atomic E-state index is 12.3. The summed E-state index contributed by atoms with van der Waals surface area (Å²) in [6.45, 7) is 11.5. The van der Waals surface area contributed by atoms with Crippen LogP contribution in [0.15, 0.2) is 30.4 Å². The number of ketones is 1. The molecule has 1 aromatic rings. The Kier molecular flexibility index (Phi) is 6.83. The van der Waals surface area contributed by atoms with Crippen molar-refractivity contribution < 1.29 is 14.3 Å². The molecule has 0 aliphatic heterocycles. The molecule has 0 fully saturated rings. The molecule has 0 heterocycles. The lowest BCUT2D eigenvalue weighted by molar-refractivity contribution is -0.120. The van der Waals surface area contributed by atoms with Crippen LogP contribution in [-0.2, 0) is 4.79 Å². The second-order valence-corrected chi connectivity index (χ2v) is 5.52. The Morgan fingerprint density at radius 2 is 1.86 bits per heavy atom. The predicted octanol–water partition coefficient (Wildman–Crippen LogP) is 4.22. The van der Waals surface area contributed by atoms with Gasteiger partial charge in [0, 0.05) is 11.5 Å². The molecule has 120 valence electrons. The summed E-state index contributed by atoms with van der Waals surface area (Å²) in [5.74, 6) is 0.401. The van der Waals surface area contributed by atoms with E-state index in [1.165, 1.54) is 6.92 Å². The Morgan fingerprint density at radius 1 is 1.23 bits per heavy atom. The van der Waals surface area contributed by atoms with Crippen LogP contribution in [0.2, 0.25) is 0 Å². The maximum Gasteiger partial charge on any atom is 0.227 e. The van der Waals surface area contributed by atoms with Crippen molar-refractivity contribution in [3.8, 4) is 5.75 Å². The van der Waals surface area contributed by atoms with E-state index in [0.717, 1.165) is 18.4 Å². The minimum absolute atomic E-state index is 0.0463. The fourth-order valence-corrected chi connectivity index (χ4v) is 2.07. The van der Waals surface area contributed by atoms with E-state index in [1.54, 1.807) is 18.2 Å². The summed E-state index contributed by atoms with van der Waals surface area (Å²) in [4.78, 5) is 23.8. The summed E-state index contributed by atoms with van der Waals surface area (Å²) in [5, 5.41) is 2.89. The molecule has 0 aromatic heterocycles. The summed E-state index contributed by atoms with van der Waals surface area (Å²) < 4.78 is 5.66. The maximum absolute atomic E-state index is 12.3. The lowest BCUT2D eigenvalue weighted by Crippen LogP contribution is -2.22. The van der Waals surface area contributed by atoms with Gasteiger partial charge in [0.25, 0.3) is 0 Å². The number of carbonyl (C=O) groups is 2. The predicted molar refractivity (Wildman–Crippen MR) is 89.5 cm³/mol. The van der Waals surface area contributed by atoms with Crippen molar-refractivity contribution in [3.05, 3.63) is 35.9 Å². The Morgan fingerprint density at radius 3 is 2.36 bits per heavy atom. The molecule has 4 nitrogen and oxygen atoms in total. The number of carbonyl (C=O) groups excluding carboxylic acids is 2. The summed E-state index contributed by atoms with van der Waals surface area (Å²) in [7, 11) is 0. The Labute approximate surface area is 132 Å². The zero-order chi connectivity index (χ0) is 16.7. The van der Waals surface area contributed by atoms with E-state index in [9.17, 15) is 9.59 Å². The number of ether oxygens (including phenoxy) is 1. The first-order valence-electron chi connectivity index (χ1n) is 7.62.